The van der Waals surface area contributed by atoms with E-state index in [1.54, 1.807) is 6.07 Å². The van der Waals surface area contributed by atoms with E-state index < -0.39 is 0 Å². The molecule has 1 unspecified atom stereocenters. The van der Waals surface area contributed by atoms with Gasteiger partial charge in [-0.15, -0.1) is 5.10 Å². The summed E-state index contributed by atoms with van der Waals surface area (Å²) in [5.41, 5.74) is 0.985. The van der Waals surface area contributed by atoms with E-state index in [0.717, 1.165) is 23.9 Å². The monoisotopic (exact) mass is 291 g/mol. The van der Waals surface area contributed by atoms with Crippen LogP contribution in [0.15, 0.2) is 10.9 Å². The average Bonchev–Trinajstić information content (AvgIpc) is 2.43. The van der Waals surface area contributed by atoms with Crippen molar-refractivity contribution in [3.8, 4) is 5.88 Å². The number of hydrogen-bond donors (Lipinski definition) is 2. The van der Waals surface area contributed by atoms with Crippen molar-refractivity contribution in [1.82, 2.24) is 10.2 Å². The van der Waals surface area contributed by atoms with Gasteiger partial charge in [-0.25, -0.2) is 5.10 Å². The van der Waals surface area contributed by atoms with Crippen LogP contribution in [0.5, 0.6) is 5.88 Å². The first-order valence-corrected chi connectivity index (χ1v) is 7.92. The third-order valence-electron chi connectivity index (χ3n) is 5.75. The summed E-state index contributed by atoms with van der Waals surface area (Å²) in [6.45, 7) is 9.54. The number of nitrogens with one attached hydrogen (secondary N) is 2. The van der Waals surface area contributed by atoms with Gasteiger partial charge in [0.2, 0.25) is 0 Å². The van der Waals surface area contributed by atoms with Gasteiger partial charge in [0.05, 0.1) is 6.61 Å². The molecule has 0 aliphatic heterocycles. The van der Waals surface area contributed by atoms with Crippen molar-refractivity contribution in [3.63, 3.8) is 0 Å². The van der Waals surface area contributed by atoms with Gasteiger partial charge < -0.3 is 10.1 Å². The van der Waals surface area contributed by atoms with Crippen LogP contribution in [0.2, 0.25) is 0 Å². The minimum Gasteiger partial charge on any atom is -0.475 e. The first-order chi connectivity index (χ1) is 9.93. The SMILES string of the molecule is CCOc1n[nH]c(=O)cc1N[C@@H]1C[C@@H]2C[C@H](C1C)C2(C)C. The first kappa shape index (κ1) is 14.4. The molecule has 21 heavy (non-hydrogen) atoms. The maximum absolute atomic E-state index is 11.5. The molecule has 1 aromatic rings. The Hall–Kier alpha value is -1.52. The molecule has 116 valence electrons. The second-order valence-corrected chi connectivity index (χ2v) is 7.09. The smallest absolute Gasteiger partial charge is 0.266 e. The lowest BCUT2D eigenvalue weighted by molar-refractivity contribution is -0.105. The highest BCUT2D eigenvalue weighted by Gasteiger charge is 2.56. The molecule has 5 heteroatoms. The first-order valence-electron chi connectivity index (χ1n) is 7.92. The standard InChI is InChI=1S/C16H25N3O2/c1-5-21-15-13(8-14(20)18-19-15)17-12-7-10-6-11(9(12)2)16(10,3)4/h8-12H,5-7H2,1-4H3,(H2,17,18,20)/t9?,10-,11+,12+/m0/s1. The van der Waals surface area contributed by atoms with Crippen molar-refractivity contribution < 1.29 is 4.74 Å². The molecular formula is C16H25N3O2. The fourth-order valence-electron chi connectivity index (χ4n) is 4.28. The molecule has 2 N–H and O–H groups in total. The van der Waals surface area contributed by atoms with E-state index in [2.05, 4.69) is 36.3 Å². The molecule has 5 nitrogen and oxygen atoms in total. The van der Waals surface area contributed by atoms with Gasteiger partial charge in [0, 0.05) is 12.1 Å². The van der Waals surface area contributed by atoms with Gasteiger partial charge in [-0.3, -0.25) is 4.79 Å². The molecular weight excluding hydrogens is 266 g/mol. The summed E-state index contributed by atoms with van der Waals surface area (Å²) in [5.74, 6) is 2.63. The molecule has 3 saturated carbocycles. The minimum atomic E-state index is -0.199. The highest BCUT2D eigenvalue weighted by Crippen LogP contribution is 2.61. The predicted molar refractivity (Wildman–Crippen MR) is 82.6 cm³/mol. The lowest BCUT2D eigenvalue weighted by Crippen LogP contribution is -2.58. The summed E-state index contributed by atoms with van der Waals surface area (Å²) in [7, 11) is 0. The topological polar surface area (TPSA) is 67.0 Å². The molecule has 3 aliphatic carbocycles. The van der Waals surface area contributed by atoms with Gasteiger partial charge in [-0.05, 0) is 42.9 Å². The summed E-state index contributed by atoms with van der Waals surface area (Å²) in [6.07, 6.45) is 2.50. The molecule has 0 spiro atoms. The summed E-state index contributed by atoms with van der Waals surface area (Å²) in [6, 6.07) is 1.94. The van der Waals surface area contributed by atoms with E-state index >= 15 is 0 Å². The van der Waals surface area contributed by atoms with Crippen LogP contribution in [-0.2, 0) is 0 Å². The number of ether oxygens (including phenoxy) is 1. The van der Waals surface area contributed by atoms with Crippen LogP contribution in [-0.4, -0.2) is 22.8 Å². The van der Waals surface area contributed by atoms with E-state index in [1.807, 2.05) is 6.92 Å². The average molecular weight is 291 g/mol. The maximum Gasteiger partial charge on any atom is 0.266 e. The number of hydrogen-bond acceptors (Lipinski definition) is 4. The number of aromatic amines is 1. The van der Waals surface area contributed by atoms with Gasteiger partial charge in [0.1, 0.15) is 5.69 Å². The normalized spacial score (nSPS) is 33.1. The Balaban J connectivity index is 1.79. The van der Waals surface area contributed by atoms with E-state index in [4.69, 9.17) is 4.74 Å². The Morgan fingerprint density at radius 2 is 2.24 bits per heavy atom. The van der Waals surface area contributed by atoms with Crippen molar-refractivity contribution in [3.05, 3.63) is 16.4 Å². The van der Waals surface area contributed by atoms with Crippen molar-refractivity contribution in [2.75, 3.05) is 11.9 Å². The predicted octanol–water partition coefficient (Wildman–Crippen LogP) is 2.65. The van der Waals surface area contributed by atoms with Crippen LogP contribution < -0.4 is 15.6 Å². The minimum absolute atomic E-state index is 0.199. The summed E-state index contributed by atoms with van der Waals surface area (Å²) < 4.78 is 5.50. The molecule has 4 rings (SSSR count). The maximum atomic E-state index is 11.5. The van der Waals surface area contributed by atoms with E-state index in [0.29, 0.717) is 29.9 Å². The number of anilines is 1. The fourth-order valence-corrected chi connectivity index (χ4v) is 4.28. The third-order valence-corrected chi connectivity index (χ3v) is 5.75. The molecule has 0 amide bonds. The van der Waals surface area contributed by atoms with Crippen molar-refractivity contribution in [2.45, 2.75) is 46.6 Å². The van der Waals surface area contributed by atoms with E-state index in [-0.39, 0.29) is 5.56 Å². The van der Waals surface area contributed by atoms with E-state index in [9.17, 15) is 4.79 Å². The summed E-state index contributed by atoms with van der Waals surface area (Å²) in [4.78, 5) is 11.5. The Morgan fingerprint density at radius 3 is 2.86 bits per heavy atom. The van der Waals surface area contributed by atoms with Gasteiger partial charge >= 0.3 is 0 Å². The zero-order chi connectivity index (χ0) is 15.2. The summed E-state index contributed by atoms with van der Waals surface area (Å²) in [5, 5.41) is 9.94. The van der Waals surface area contributed by atoms with Crippen LogP contribution in [0.25, 0.3) is 0 Å². The van der Waals surface area contributed by atoms with Gasteiger partial charge in [0.25, 0.3) is 11.4 Å². The largest absolute Gasteiger partial charge is 0.475 e. The van der Waals surface area contributed by atoms with Crippen molar-refractivity contribution >= 4 is 5.69 Å². The number of H-pyrrole nitrogens is 1. The highest BCUT2D eigenvalue weighted by molar-refractivity contribution is 5.52. The molecule has 4 atom stereocenters. The second kappa shape index (κ2) is 5.04. The lowest BCUT2D eigenvalue weighted by atomic mass is 9.45. The number of fused-ring (bicyclic) bond motifs is 2. The lowest BCUT2D eigenvalue weighted by Gasteiger charge is -2.62. The molecule has 0 radical (unpaired) electrons. The number of nitrogens with zero attached hydrogens (tertiary/aromatic N) is 1. The van der Waals surface area contributed by atoms with Crippen LogP contribution >= 0.6 is 0 Å². The Kier molecular flexibility index (Phi) is 3.46. The molecule has 2 bridgehead atoms. The molecule has 0 saturated heterocycles. The zero-order valence-corrected chi connectivity index (χ0v) is 13.3. The van der Waals surface area contributed by atoms with Gasteiger partial charge in [-0.2, -0.15) is 0 Å². The third kappa shape index (κ3) is 2.32. The van der Waals surface area contributed by atoms with Crippen LogP contribution in [0.3, 0.4) is 0 Å². The van der Waals surface area contributed by atoms with Crippen LogP contribution in [0.4, 0.5) is 5.69 Å². The summed E-state index contributed by atoms with van der Waals surface area (Å²) >= 11 is 0. The Bertz CT molecular complexity index is 581. The molecule has 3 fully saturated rings. The molecule has 0 aromatic carbocycles. The molecule has 1 aromatic heterocycles. The second-order valence-electron chi connectivity index (χ2n) is 7.09. The van der Waals surface area contributed by atoms with Crippen LogP contribution in [0.1, 0.15) is 40.5 Å². The zero-order valence-electron chi connectivity index (χ0n) is 13.3. The quantitative estimate of drug-likeness (QED) is 0.895. The van der Waals surface area contributed by atoms with Crippen molar-refractivity contribution in [1.29, 1.82) is 0 Å². The van der Waals surface area contributed by atoms with Gasteiger partial charge in [-0.1, -0.05) is 20.8 Å². The Labute approximate surface area is 125 Å². The molecule has 3 aliphatic rings. The van der Waals surface area contributed by atoms with Crippen LogP contribution in [0, 0.1) is 23.2 Å². The molecule has 1 heterocycles. The van der Waals surface area contributed by atoms with Gasteiger partial charge in [0.15, 0.2) is 0 Å². The van der Waals surface area contributed by atoms with Crippen molar-refractivity contribution in [2.24, 2.45) is 23.2 Å². The Morgan fingerprint density at radius 1 is 1.48 bits per heavy atom. The fraction of sp³-hybridized carbons (Fsp3) is 0.750. The number of aromatic nitrogens is 2. The number of rotatable bonds is 4. The highest BCUT2D eigenvalue weighted by atomic mass is 16.5. The van der Waals surface area contributed by atoms with E-state index in [1.165, 1.54) is 6.42 Å².